The van der Waals surface area contributed by atoms with Crippen LogP contribution >= 0.6 is 22.9 Å². The van der Waals surface area contributed by atoms with Gasteiger partial charge < -0.3 is 0 Å². The second kappa shape index (κ2) is 7.80. The number of hydrazone groups is 1. The Hall–Kier alpha value is -1.98. The van der Waals surface area contributed by atoms with Crippen molar-refractivity contribution in [3.05, 3.63) is 51.6 Å². The van der Waals surface area contributed by atoms with Crippen molar-refractivity contribution in [2.45, 2.75) is 46.5 Å². The first kappa shape index (κ1) is 19.3. The molecule has 3 aromatic rings. The predicted octanol–water partition coefficient (Wildman–Crippen LogP) is 6.33. The van der Waals surface area contributed by atoms with E-state index in [0.717, 1.165) is 39.5 Å². The molecule has 1 N–H and O–H groups in total. The first-order valence-electron chi connectivity index (χ1n) is 9.78. The molecule has 0 saturated carbocycles. The van der Waals surface area contributed by atoms with Crippen LogP contribution in [0, 0.1) is 11.3 Å². The molecule has 2 heterocycles. The van der Waals surface area contributed by atoms with Gasteiger partial charge in [0, 0.05) is 9.90 Å². The Morgan fingerprint density at radius 1 is 1.29 bits per heavy atom. The number of benzene rings is 1. The predicted molar refractivity (Wildman–Crippen MR) is 120 cm³/mol. The maximum absolute atomic E-state index is 5.94. The number of aromatic nitrogens is 2. The van der Waals surface area contributed by atoms with Crippen molar-refractivity contribution < 1.29 is 0 Å². The van der Waals surface area contributed by atoms with E-state index in [4.69, 9.17) is 11.6 Å². The Kier molecular flexibility index (Phi) is 5.39. The van der Waals surface area contributed by atoms with Gasteiger partial charge in [-0.25, -0.2) is 9.97 Å². The van der Waals surface area contributed by atoms with E-state index in [0.29, 0.717) is 11.3 Å². The molecule has 4 rings (SSSR count). The first-order valence-corrected chi connectivity index (χ1v) is 11.0. The average molecular weight is 413 g/mol. The molecule has 0 aliphatic heterocycles. The van der Waals surface area contributed by atoms with Crippen LogP contribution in [0.1, 0.15) is 49.6 Å². The molecule has 0 saturated heterocycles. The monoisotopic (exact) mass is 412 g/mol. The lowest BCUT2D eigenvalue weighted by molar-refractivity contribution is 0.184. The molecule has 1 aliphatic rings. The number of thiophene rings is 1. The van der Waals surface area contributed by atoms with E-state index in [-0.39, 0.29) is 0 Å². The molecule has 146 valence electrons. The summed E-state index contributed by atoms with van der Waals surface area (Å²) in [6, 6.07) is 7.59. The smallest absolute Gasteiger partial charge is 0.158 e. The van der Waals surface area contributed by atoms with Gasteiger partial charge in [0.2, 0.25) is 0 Å². The summed E-state index contributed by atoms with van der Waals surface area (Å²) in [5, 5.41) is 6.27. The van der Waals surface area contributed by atoms with E-state index in [1.807, 2.05) is 35.6 Å². The molecule has 2 aromatic heterocycles. The molecule has 0 spiro atoms. The standard InChI is InChI=1S/C22H25ClN4S/c1-4-22(2,3)15-7-10-18-17(11-15)19-20(24-13-25-21(19)28-18)27-26-12-14-5-8-16(23)9-6-14/h5-6,8-9,12-13,15H,4,7,10-11H2,1-3H3,(H,24,25,27)/b26-12-/t15-/m1/s1. The highest BCUT2D eigenvalue weighted by molar-refractivity contribution is 7.19. The van der Waals surface area contributed by atoms with Gasteiger partial charge in [0.1, 0.15) is 11.2 Å². The summed E-state index contributed by atoms with van der Waals surface area (Å²) in [5.74, 6) is 1.48. The summed E-state index contributed by atoms with van der Waals surface area (Å²) in [6.07, 6.45) is 8.09. The van der Waals surface area contributed by atoms with Crippen LogP contribution in [0.2, 0.25) is 5.02 Å². The highest BCUT2D eigenvalue weighted by Gasteiger charge is 2.33. The molecule has 6 heteroatoms. The Bertz CT molecular complexity index is 1010. The minimum Gasteiger partial charge on any atom is -0.261 e. The molecule has 0 bridgehead atoms. The highest BCUT2D eigenvalue weighted by atomic mass is 35.5. The van der Waals surface area contributed by atoms with Gasteiger partial charge >= 0.3 is 0 Å². The largest absolute Gasteiger partial charge is 0.261 e. The highest BCUT2D eigenvalue weighted by Crippen LogP contribution is 2.45. The third kappa shape index (κ3) is 3.78. The molecular formula is C22H25ClN4S. The van der Waals surface area contributed by atoms with Crippen LogP contribution in [-0.4, -0.2) is 16.2 Å². The second-order valence-electron chi connectivity index (χ2n) is 8.11. The second-order valence-corrected chi connectivity index (χ2v) is 9.63. The van der Waals surface area contributed by atoms with Crippen molar-refractivity contribution in [3.8, 4) is 0 Å². The van der Waals surface area contributed by atoms with Crippen LogP contribution in [0.25, 0.3) is 10.2 Å². The number of fused-ring (bicyclic) bond motifs is 3. The zero-order valence-electron chi connectivity index (χ0n) is 16.5. The number of aryl methyl sites for hydroxylation is 1. The third-order valence-corrected chi connectivity index (χ3v) is 7.56. The topological polar surface area (TPSA) is 50.2 Å². The number of hydrogen-bond donors (Lipinski definition) is 1. The lowest BCUT2D eigenvalue weighted by atomic mass is 9.69. The lowest BCUT2D eigenvalue weighted by Crippen LogP contribution is -2.28. The zero-order chi connectivity index (χ0) is 19.7. The minimum absolute atomic E-state index is 0.349. The van der Waals surface area contributed by atoms with Crippen LogP contribution in [-0.2, 0) is 12.8 Å². The van der Waals surface area contributed by atoms with Crippen molar-refractivity contribution in [1.29, 1.82) is 0 Å². The van der Waals surface area contributed by atoms with Crippen molar-refractivity contribution >= 4 is 45.2 Å². The molecule has 1 aliphatic carbocycles. The van der Waals surface area contributed by atoms with E-state index in [9.17, 15) is 0 Å². The van der Waals surface area contributed by atoms with Gasteiger partial charge in [-0.05, 0) is 53.9 Å². The third-order valence-electron chi connectivity index (χ3n) is 6.11. The van der Waals surface area contributed by atoms with Crippen LogP contribution in [0.4, 0.5) is 5.82 Å². The van der Waals surface area contributed by atoms with Gasteiger partial charge in [-0.2, -0.15) is 5.10 Å². The normalized spacial score (nSPS) is 17.2. The molecular weight excluding hydrogens is 388 g/mol. The summed E-state index contributed by atoms with van der Waals surface area (Å²) in [5.41, 5.74) is 5.90. The number of nitrogens with one attached hydrogen (secondary N) is 1. The number of halogens is 1. The number of rotatable bonds is 5. The van der Waals surface area contributed by atoms with Gasteiger partial charge in [0.25, 0.3) is 0 Å². The summed E-state index contributed by atoms with van der Waals surface area (Å²) in [7, 11) is 0. The van der Waals surface area contributed by atoms with Crippen LogP contribution < -0.4 is 5.43 Å². The summed E-state index contributed by atoms with van der Waals surface area (Å²) in [6.45, 7) is 7.08. The first-order chi connectivity index (χ1) is 13.5. The number of nitrogens with zero attached hydrogens (tertiary/aromatic N) is 3. The SMILES string of the molecule is CCC(C)(C)[C@@H]1CCc2sc3ncnc(N/N=C\c4ccc(Cl)cc4)c3c2C1. The van der Waals surface area contributed by atoms with E-state index >= 15 is 0 Å². The fourth-order valence-electron chi connectivity index (χ4n) is 3.87. The summed E-state index contributed by atoms with van der Waals surface area (Å²) in [4.78, 5) is 11.5. The van der Waals surface area contributed by atoms with Crippen LogP contribution in [0.3, 0.4) is 0 Å². The lowest BCUT2D eigenvalue weighted by Gasteiger charge is -2.36. The fraction of sp³-hybridized carbons (Fsp3) is 0.409. The summed E-state index contributed by atoms with van der Waals surface area (Å²) < 4.78 is 0. The Morgan fingerprint density at radius 2 is 2.07 bits per heavy atom. The van der Waals surface area contributed by atoms with E-state index in [2.05, 4.69) is 41.3 Å². The maximum Gasteiger partial charge on any atom is 0.158 e. The Balaban J connectivity index is 1.63. The fourth-order valence-corrected chi connectivity index (χ4v) is 5.18. The van der Waals surface area contributed by atoms with Gasteiger partial charge in [0.15, 0.2) is 5.82 Å². The van der Waals surface area contributed by atoms with Crippen molar-refractivity contribution in [3.63, 3.8) is 0 Å². The van der Waals surface area contributed by atoms with E-state index in [1.165, 1.54) is 23.3 Å². The minimum atomic E-state index is 0.349. The molecule has 0 fully saturated rings. The van der Waals surface area contributed by atoms with Gasteiger partial charge in [-0.15, -0.1) is 11.3 Å². The van der Waals surface area contributed by atoms with E-state index < -0.39 is 0 Å². The van der Waals surface area contributed by atoms with Crippen molar-refractivity contribution in [1.82, 2.24) is 9.97 Å². The Morgan fingerprint density at radius 3 is 2.82 bits per heavy atom. The molecule has 0 amide bonds. The molecule has 1 atom stereocenters. The molecule has 0 radical (unpaired) electrons. The number of anilines is 1. The van der Waals surface area contributed by atoms with Gasteiger partial charge in [-0.3, -0.25) is 5.43 Å². The van der Waals surface area contributed by atoms with Crippen molar-refractivity contribution in [2.75, 3.05) is 5.43 Å². The molecule has 4 nitrogen and oxygen atoms in total. The number of hydrogen-bond acceptors (Lipinski definition) is 5. The van der Waals surface area contributed by atoms with Crippen LogP contribution in [0.15, 0.2) is 35.7 Å². The van der Waals surface area contributed by atoms with Crippen molar-refractivity contribution in [2.24, 2.45) is 16.4 Å². The summed E-state index contributed by atoms with van der Waals surface area (Å²) >= 11 is 7.75. The zero-order valence-corrected chi connectivity index (χ0v) is 18.1. The van der Waals surface area contributed by atoms with Gasteiger partial charge in [-0.1, -0.05) is 50.9 Å². The Labute approximate surface area is 175 Å². The molecule has 1 aromatic carbocycles. The van der Waals surface area contributed by atoms with Gasteiger partial charge in [0.05, 0.1) is 11.6 Å². The molecule has 0 unspecified atom stereocenters. The van der Waals surface area contributed by atoms with Crippen LogP contribution in [0.5, 0.6) is 0 Å². The quantitative estimate of drug-likeness (QED) is 0.393. The van der Waals surface area contributed by atoms with E-state index in [1.54, 1.807) is 12.5 Å². The molecule has 28 heavy (non-hydrogen) atoms. The average Bonchev–Trinajstić information content (AvgIpc) is 3.08. The maximum atomic E-state index is 5.94.